The van der Waals surface area contributed by atoms with E-state index in [1.54, 1.807) is 0 Å². The van der Waals surface area contributed by atoms with Gasteiger partial charge in [0, 0.05) is 6.54 Å². The molecule has 0 saturated carbocycles. The van der Waals surface area contributed by atoms with Gasteiger partial charge in [0.15, 0.2) is 11.6 Å². The van der Waals surface area contributed by atoms with Gasteiger partial charge >= 0.3 is 0 Å². The Hall–Kier alpha value is -1.16. The van der Waals surface area contributed by atoms with E-state index in [0.29, 0.717) is 6.54 Å². The zero-order chi connectivity index (χ0) is 12.3. The molecule has 1 N–H and O–H groups in total. The van der Waals surface area contributed by atoms with Crippen molar-refractivity contribution in [2.24, 2.45) is 5.92 Å². The van der Waals surface area contributed by atoms with Crippen molar-refractivity contribution in [2.45, 2.75) is 13.8 Å². The summed E-state index contributed by atoms with van der Waals surface area (Å²) in [5, 5.41) is 2.48. The summed E-state index contributed by atoms with van der Waals surface area (Å²) >= 11 is 5.64. The van der Waals surface area contributed by atoms with Gasteiger partial charge in [0.25, 0.3) is 5.91 Å². The smallest absolute Gasteiger partial charge is 0.252 e. The molecule has 0 heterocycles. The van der Waals surface area contributed by atoms with Crippen LogP contribution in [0.1, 0.15) is 24.2 Å². The fraction of sp³-hybridized carbons (Fsp3) is 0.364. The molecule has 0 spiro atoms. The van der Waals surface area contributed by atoms with Crippen LogP contribution in [0.2, 0.25) is 5.02 Å². The Morgan fingerprint density at radius 3 is 2.50 bits per heavy atom. The Morgan fingerprint density at radius 2 is 1.94 bits per heavy atom. The van der Waals surface area contributed by atoms with E-state index in [9.17, 15) is 13.6 Å². The van der Waals surface area contributed by atoms with E-state index in [0.717, 1.165) is 12.1 Å². The molecule has 1 amide bonds. The zero-order valence-electron chi connectivity index (χ0n) is 8.98. The molecular formula is C11H12ClF2NO. The van der Waals surface area contributed by atoms with Crippen LogP contribution < -0.4 is 5.32 Å². The quantitative estimate of drug-likeness (QED) is 0.818. The van der Waals surface area contributed by atoms with Gasteiger partial charge in [-0.2, -0.15) is 0 Å². The molecule has 0 bridgehead atoms. The number of nitrogens with one attached hydrogen (secondary N) is 1. The number of hydrogen-bond donors (Lipinski definition) is 1. The molecule has 0 aliphatic rings. The van der Waals surface area contributed by atoms with Gasteiger partial charge in [0.1, 0.15) is 0 Å². The summed E-state index contributed by atoms with van der Waals surface area (Å²) in [5.41, 5.74) is -0.0544. The highest BCUT2D eigenvalue weighted by Crippen LogP contribution is 2.19. The normalized spacial score (nSPS) is 10.6. The van der Waals surface area contributed by atoms with Crippen LogP contribution in [0.4, 0.5) is 8.78 Å². The first-order valence-corrected chi connectivity index (χ1v) is 5.22. The second kappa shape index (κ2) is 5.25. The Labute approximate surface area is 97.6 Å². The molecule has 0 saturated heterocycles. The first-order chi connectivity index (χ1) is 7.41. The summed E-state index contributed by atoms with van der Waals surface area (Å²) in [6.07, 6.45) is 0. The number of rotatable bonds is 3. The molecule has 0 unspecified atom stereocenters. The average molecular weight is 248 g/mol. The molecule has 5 heteroatoms. The molecule has 88 valence electrons. The van der Waals surface area contributed by atoms with Gasteiger partial charge in [0.05, 0.1) is 10.6 Å². The number of carbonyl (C=O) groups excluding carboxylic acids is 1. The Kier molecular flexibility index (Phi) is 4.24. The molecule has 16 heavy (non-hydrogen) atoms. The second-order valence-corrected chi connectivity index (χ2v) is 4.26. The van der Waals surface area contributed by atoms with Crippen LogP contribution in [0.25, 0.3) is 0 Å². The van der Waals surface area contributed by atoms with E-state index in [1.807, 2.05) is 13.8 Å². The van der Waals surface area contributed by atoms with Gasteiger partial charge in [-0.3, -0.25) is 4.79 Å². The highest BCUT2D eigenvalue weighted by molar-refractivity contribution is 6.33. The van der Waals surface area contributed by atoms with Crippen molar-refractivity contribution in [3.63, 3.8) is 0 Å². The largest absolute Gasteiger partial charge is 0.352 e. The lowest BCUT2D eigenvalue weighted by atomic mass is 10.1. The van der Waals surface area contributed by atoms with Gasteiger partial charge < -0.3 is 5.32 Å². The summed E-state index contributed by atoms with van der Waals surface area (Å²) in [6, 6.07) is 1.59. The van der Waals surface area contributed by atoms with E-state index in [-0.39, 0.29) is 16.5 Å². The van der Waals surface area contributed by atoms with Crippen molar-refractivity contribution in [1.82, 2.24) is 5.32 Å². The minimum absolute atomic E-state index is 0.0544. The second-order valence-electron chi connectivity index (χ2n) is 3.85. The first-order valence-electron chi connectivity index (χ1n) is 4.84. The molecule has 1 rings (SSSR count). The van der Waals surface area contributed by atoms with Crippen LogP contribution in [-0.2, 0) is 0 Å². The van der Waals surface area contributed by atoms with E-state index in [1.165, 1.54) is 0 Å². The van der Waals surface area contributed by atoms with Crippen molar-refractivity contribution in [3.05, 3.63) is 34.4 Å². The number of carbonyl (C=O) groups is 1. The van der Waals surface area contributed by atoms with E-state index < -0.39 is 17.5 Å². The SMILES string of the molecule is CC(C)CNC(=O)c1cc(F)c(F)cc1Cl. The molecule has 2 nitrogen and oxygen atoms in total. The molecule has 0 fully saturated rings. The number of amides is 1. The lowest BCUT2D eigenvalue weighted by Gasteiger charge is -2.09. The lowest BCUT2D eigenvalue weighted by molar-refractivity contribution is 0.0948. The third kappa shape index (κ3) is 3.17. The van der Waals surface area contributed by atoms with Crippen molar-refractivity contribution in [3.8, 4) is 0 Å². The van der Waals surface area contributed by atoms with Crippen molar-refractivity contribution < 1.29 is 13.6 Å². The summed E-state index contributed by atoms with van der Waals surface area (Å²) < 4.78 is 25.7. The third-order valence-corrected chi connectivity index (χ3v) is 2.24. The highest BCUT2D eigenvalue weighted by Gasteiger charge is 2.14. The lowest BCUT2D eigenvalue weighted by Crippen LogP contribution is -2.27. The van der Waals surface area contributed by atoms with Crippen molar-refractivity contribution >= 4 is 17.5 Å². The summed E-state index contributed by atoms with van der Waals surface area (Å²) in [4.78, 5) is 11.5. The van der Waals surface area contributed by atoms with Gasteiger partial charge in [-0.25, -0.2) is 8.78 Å². The first kappa shape index (κ1) is 12.9. The monoisotopic (exact) mass is 247 g/mol. The molecule has 0 atom stereocenters. The van der Waals surface area contributed by atoms with Crippen molar-refractivity contribution in [2.75, 3.05) is 6.54 Å². The van der Waals surface area contributed by atoms with E-state index in [4.69, 9.17) is 11.6 Å². The standard InChI is InChI=1S/C11H12ClF2NO/c1-6(2)5-15-11(16)7-3-9(13)10(14)4-8(7)12/h3-4,6H,5H2,1-2H3,(H,15,16). The number of hydrogen-bond acceptors (Lipinski definition) is 1. The van der Waals surface area contributed by atoms with E-state index >= 15 is 0 Å². The van der Waals surface area contributed by atoms with Crippen LogP contribution in [0.3, 0.4) is 0 Å². The van der Waals surface area contributed by atoms with Crippen LogP contribution in [0.5, 0.6) is 0 Å². The number of benzene rings is 1. The summed E-state index contributed by atoms with van der Waals surface area (Å²) in [6.45, 7) is 4.30. The fourth-order valence-electron chi connectivity index (χ4n) is 1.09. The number of halogens is 3. The molecular weight excluding hydrogens is 236 g/mol. The Morgan fingerprint density at radius 1 is 1.38 bits per heavy atom. The third-order valence-electron chi connectivity index (χ3n) is 1.93. The molecule has 0 radical (unpaired) electrons. The topological polar surface area (TPSA) is 29.1 Å². The summed E-state index contributed by atoms with van der Waals surface area (Å²) in [7, 11) is 0. The molecule has 1 aromatic carbocycles. The maximum atomic E-state index is 12.9. The van der Waals surface area contributed by atoms with Gasteiger partial charge in [-0.05, 0) is 18.1 Å². The Balaban J connectivity index is 2.87. The Bertz CT molecular complexity index is 407. The maximum Gasteiger partial charge on any atom is 0.252 e. The average Bonchev–Trinajstić information content (AvgIpc) is 2.20. The molecule has 1 aromatic rings. The van der Waals surface area contributed by atoms with Crippen LogP contribution >= 0.6 is 11.6 Å². The van der Waals surface area contributed by atoms with Crippen LogP contribution in [0, 0.1) is 17.6 Å². The van der Waals surface area contributed by atoms with Crippen LogP contribution in [-0.4, -0.2) is 12.5 Å². The van der Waals surface area contributed by atoms with Gasteiger partial charge in [-0.1, -0.05) is 25.4 Å². The van der Waals surface area contributed by atoms with Gasteiger partial charge in [0.2, 0.25) is 0 Å². The molecule has 0 aromatic heterocycles. The predicted molar refractivity (Wildman–Crippen MR) is 58.5 cm³/mol. The fourth-order valence-corrected chi connectivity index (χ4v) is 1.32. The molecule has 0 aliphatic carbocycles. The predicted octanol–water partition coefficient (Wildman–Crippen LogP) is 3.00. The zero-order valence-corrected chi connectivity index (χ0v) is 9.74. The highest BCUT2D eigenvalue weighted by atomic mass is 35.5. The maximum absolute atomic E-state index is 12.9. The van der Waals surface area contributed by atoms with Gasteiger partial charge in [-0.15, -0.1) is 0 Å². The van der Waals surface area contributed by atoms with E-state index in [2.05, 4.69) is 5.32 Å². The van der Waals surface area contributed by atoms with Crippen molar-refractivity contribution in [1.29, 1.82) is 0 Å². The summed E-state index contributed by atoms with van der Waals surface area (Å²) in [5.74, 6) is -2.38. The molecule has 0 aliphatic heterocycles. The van der Waals surface area contributed by atoms with Crippen LogP contribution in [0.15, 0.2) is 12.1 Å². The minimum atomic E-state index is -1.08. The minimum Gasteiger partial charge on any atom is -0.352 e.